The van der Waals surface area contributed by atoms with Crippen LogP contribution in [0.2, 0.25) is 0 Å². The number of aromatic nitrogens is 2. The molecule has 1 N–H and O–H groups in total. The number of amides is 1. The fraction of sp³-hybridized carbons (Fsp3) is 0.615. The van der Waals surface area contributed by atoms with E-state index in [0.29, 0.717) is 18.9 Å². The molecule has 1 aliphatic rings. The summed E-state index contributed by atoms with van der Waals surface area (Å²) in [6.45, 7) is 3.61. The van der Waals surface area contributed by atoms with Crippen molar-refractivity contribution in [3.63, 3.8) is 0 Å². The molecule has 1 aromatic heterocycles. The molecular formula is C13H20N4O. The van der Waals surface area contributed by atoms with Gasteiger partial charge in [-0.05, 0) is 18.8 Å². The predicted octanol–water partition coefficient (Wildman–Crippen LogP) is 1.67. The number of carbonyl (C=O) groups is 1. The van der Waals surface area contributed by atoms with Crippen molar-refractivity contribution in [1.82, 2.24) is 14.9 Å². The Morgan fingerprint density at radius 2 is 2.22 bits per heavy atom. The summed E-state index contributed by atoms with van der Waals surface area (Å²) in [5, 5.41) is 2.93. The first-order valence-corrected chi connectivity index (χ1v) is 6.45. The Bertz CT molecular complexity index is 404. The number of rotatable bonds is 3. The summed E-state index contributed by atoms with van der Waals surface area (Å²) in [5.74, 6) is 1.62. The van der Waals surface area contributed by atoms with E-state index in [0.717, 1.165) is 30.9 Å². The number of hydrogen-bond acceptors (Lipinski definition) is 4. The molecule has 1 aliphatic heterocycles. The minimum Gasteiger partial charge on any atom is -0.372 e. The molecule has 0 spiro atoms. The summed E-state index contributed by atoms with van der Waals surface area (Å²) < 4.78 is 0. The first kappa shape index (κ1) is 12.8. The number of hydrogen-bond donors (Lipinski definition) is 1. The third-order valence-electron chi connectivity index (χ3n) is 3.41. The molecule has 1 amide bonds. The Kier molecular flexibility index (Phi) is 4.12. The number of anilines is 1. The maximum Gasteiger partial charge on any atom is 0.222 e. The quantitative estimate of drug-likeness (QED) is 0.884. The second kappa shape index (κ2) is 5.80. The van der Waals surface area contributed by atoms with Crippen molar-refractivity contribution < 1.29 is 4.79 Å². The van der Waals surface area contributed by atoms with Crippen molar-refractivity contribution in [3.8, 4) is 0 Å². The van der Waals surface area contributed by atoms with Gasteiger partial charge in [-0.2, -0.15) is 0 Å². The first-order chi connectivity index (χ1) is 8.69. The Balaban J connectivity index is 2.00. The van der Waals surface area contributed by atoms with Crippen LogP contribution < -0.4 is 5.32 Å². The topological polar surface area (TPSA) is 58.1 Å². The highest BCUT2D eigenvalue weighted by Gasteiger charge is 2.20. The van der Waals surface area contributed by atoms with Crippen molar-refractivity contribution in [2.24, 2.45) is 5.92 Å². The number of likely N-dealkylation sites (tertiary alicyclic amines) is 1. The number of nitrogens with one attached hydrogen (secondary N) is 1. The summed E-state index contributed by atoms with van der Waals surface area (Å²) >= 11 is 0. The minimum absolute atomic E-state index is 0.235. The van der Waals surface area contributed by atoms with Gasteiger partial charge in [0.25, 0.3) is 0 Å². The molecule has 1 aromatic rings. The summed E-state index contributed by atoms with van der Waals surface area (Å²) in [5.41, 5.74) is 0.844. The molecule has 2 rings (SSSR count). The molecule has 0 aromatic carbocycles. The lowest BCUT2D eigenvalue weighted by Gasteiger charge is -2.20. The predicted molar refractivity (Wildman–Crippen MR) is 70.0 cm³/mol. The SMILES string of the molecule is CNc1cnc(CN2CCC(C)CCC2=O)cn1. The van der Waals surface area contributed by atoms with Crippen LogP contribution in [0.3, 0.4) is 0 Å². The highest BCUT2D eigenvalue weighted by Crippen LogP contribution is 2.18. The molecule has 1 saturated heterocycles. The zero-order valence-corrected chi connectivity index (χ0v) is 11.0. The van der Waals surface area contributed by atoms with Crippen molar-refractivity contribution in [2.45, 2.75) is 32.7 Å². The average Bonchev–Trinajstić information content (AvgIpc) is 2.55. The van der Waals surface area contributed by atoms with Gasteiger partial charge in [0, 0.05) is 20.0 Å². The van der Waals surface area contributed by atoms with Gasteiger partial charge in [0.15, 0.2) is 0 Å². The van der Waals surface area contributed by atoms with E-state index in [4.69, 9.17) is 0 Å². The summed E-state index contributed by atoms with van der Waals surface area (Å²) in [6.07, 6.45) is 6.16. The summed E-state index contributed by atoms with van der Waals surface area (Å²) in [7, 11) is 1.81. The van der Waals surface area contributed by atoms with Crippen LogP contribution >= 0.6 is 0 Å². The molecule has 5 heteroatoms. The largest absolute Gasteiger partial charge is 0.372 e. The second-order valence-corrected chi connectivity index (χ2v) is 4.89. The van der Waals surface area contributed by atoms with Crippen LogP contribution in [0.15, 0.2) is 12.4 Å². The monoisotopic (exact) mass is 248 g/mol. The van der Waals surface area contributed by atoms with Gasteiger partial charge >= 0.3 is 0 Å². The van der Waals surface area contributed by atoms with Crippen LogP contribution in [-0.4, -0.2) is 34.4 Å². The van der Waals surface area contributed by atoms with Crippen LogP contribution in [0.25, 0.3) is 0 Å². The van der Waals surface area contributed by atoms with Crippen LogP contribution in [0.4, 0.5) is 5.82 Å². The van der Waals surface area contributed by atoms with Crippen LogP contribution in [0.5, 0.6) is 0 Å². The zero-order valence-electron chi connectivity index (χ0n) is 11.0. The molecule has 98 valence electrons. The van der Waals surface area contributed by atoms with E-state index in [1.165, 1.54) is 0 Å². The van der Waals surface area contributed by atoms with Gasteiger partial charge in [0.1, 0.15) is 5.82 Å². The molecule has 18 heavy (non-hydrogen) atoms. The zero-order chi connectivity index (χ0) is 13.0. The van der Waals surface area contributed by atoms with E-state index >= 15 is 0 Å². The van der Waals surface area contributed by atoms with Gasteiger partial charge in [0.05, 0.1) is 24.6 Å². The van der Waals surface area contributed by atoms with Gasteiger partial charge in [-0.15, -0.1) is 0 Å². The molecule has 1 unspecified atom stereocenters. The van der Waals surface area contributed by atoms with E-state index in [2.05, 4.69) is 22.2 Å². The van der Waals surface area contributed by atoms with E-state index in [1.54, 1.807) is 12.4 Å². The molecule has 0 saturated carbocycles. The fourth-order valence-electron chi connectivity index (χ4n) is 2.10. The third kappa shape index (κ3) is 3.18. The molecule has 0 bridgehead atoms. The number of carbonyl (C=O) groups excluding carboxylic acids is 1. The Labute approximate surface area is 108 Å². The molecule has 0 aliphatic carbocycles. The minimum atomic E-state index is 0.235. The van der Waals surface area contributed by atoms with Crippen LogP contribution in [0.1, 0.15) is 31.9 Å². The molecular weight excluding hydrogens is 228 g/mol. The third-order valence-corrected chi connectivity index (χ3v) is 3.41. The Morgan fingerprint density at radius 3 is 2.89 bits per heavy atom. The summed E-state index contributed by atoms with van der Waals surface area (Å²) in [6, 6.07) is 0. The van der Waals surface area contributed by atoms with Crippen molar-refractivity contribution in [3.05, 3.63) is 18.1 Å². The molecule has 1 fully saturated rings. The molecule has 1 atom stereocenters. The lowest BCUT2D eigenvalue weighted by Crippen LogP contribution is -2.30. The summed E-state index contributed by atoms with van der Waals surface area (Å²) in [4.78, 5) is 22.4. The first-order valence-electron chi connectivity index (χ1n) is 6.45. The van der Waals surface area contributed by atoms with E-state index in [9.17, 15) is 4.79 Å². The average molecular weight is 248 g/mol. The van der Waals surface area contributed by atoms with Crippen LogP contribution in [0, 0.1) is 5.92 Å². The van der Waals surface area contributed by atoms with Crippen molar-refractivity contribution in [1.29, 1.82) is 0 Å². The van der Waals surface area contributed by atoms with Crippen molar-refractivity contribution >= 4 is 11.7 Å². The Morgan fingerprint density at radius 1 is 1.39 bits per heavy atom. The molecule has 2 heterocycles. The van der Waals surface area contributed by atoms with Gasteiger partial charge in [-0.1, -0.05) is 6.92 Å². The van der Waals surface area contributed by atoms with Gasteiger partial charge < -0.3 is 10.2 Å². The van der Waals surface area contributed by atoms with E-state index < -0.39 is 0 Å². The highest BCUT2D eigenvalue weighted by atomic mass is 16.2. The lowest BCUT2D eigenvalue weighted by molar-refractivity contribution is -0.131. The highest BCUT2D eigenvalue weighted by molar-refractivity contribution is 5.76. The van der Waals surface area contributed by atoms with Gasteiger partial charge in [-0.3, -0.25) is 9.78 Å². The molecule has 0 radical (unpaired) electrons. The van der Waals surface area contributed by atoms with Gasteiger partial charge in [-0.25, -0.2) is 4.98 Å². The number of nitrogens with zero attached hydrogens (tertiary/aromatic N) is 3. The maximum atomic E-state index is 12.0. The van der Waals surface area contributed by atoms with Crippen molar-refractivity contribution in [2.75, 3.05) is 18.9 Å². The molecule has 5 nitrogen and oxygen atoms in total. The van der Waals surface area contributed by atoms with E-state index in [1.807, 2.05) is 11.9 Å². The van der Waals surface area contributed by atoms with E-state index in [-0.39, 0.29) is 5.91 Å². The van der Waals surface area contributed by atoms with Gasteiger partial charge in [0.2, 0.25) is 5.91 Å². The Hall–Kier alpha value is -1.65. The van der Waals surface area contributed by atoms with Crippen LogP contribution in [-0.2, 0) is 11.3 Å². The second-order valence-electron chi connectivity index (χ2n) is 4.89. The smallest absolute Gasteiger partial charge is 0.222 e. The standard InChI is InChI=1S/C13H20N4O/c1-10-3-4-13(18)17(6-5-10)9-11-7-16-12(14-2)8-15-11/h7-8,10H,3-6,9H2,1-2H3,(H,14,16). The normalized spacial score (nSPS) is 20.7. The fourth-order valence-corrected chi connectivity index (χ4v) is 2.10. The maximum absolute atomic E-state index is 12.0. The lowest BCUT2D eigenvalue weighted by atomic mass is 10.0.